The minimum Gasteiger partial charge on any atom is -1.00 e. The molecule has 0 N–H and O–H groups in total. The van der Waals surface area contributed by atoms with Crippen molar-refractivity contribution < 1.29 is 25.7 Å². The summed E-state index contributed by atoms with van der Waals surface area (Å²) in [5.41, 5.74) is 1.50. The Morgan fingerprint density at radius 1 is 0.524 bits per heavy atom. The molecule has 0 aliphatic carbocycles. The molecule has 3 nitrogen and oxygen atoms in total. The lowest BCUT2D eigenvalue weighted by Crippen LogP contribution is -3.00. The fraction of sp³-hybridized carbons (Fsp3) is 0.838. The van der Waals surface area contributed by atoms with Gasteiger partial charge in [0.05, 0.1) is 19.6 Å². The second-order valence-corrected chi connectivity index (χ2v) is 16.7. The van der Waals surface area contributed by atoms with Gasteiger partial charge < -0.3 is 25.7 Å². The largest absolute Gasteiger partial charge is 1.00 e. The molecule has 1 aromatic carbocycles. The first-order valence-electron chi connectivity index (χ1n) is 18.0. The SMILES string of the molecule is CCCCCCCCCCCC[N+](CCCCCCCCCCCC)(CCC[Si](C)(OC)OC)Cc1ccccc1.[Cl-]. The molecule has 0 aliphatic heterocycles. The van der Waals surface area contributed by atoms with Gasteiger partial charge in [-0.25, -0.2) is 0 Å². The maximum atomic E-state index is 5.86. The molecule has 0 aliphatic rings. The highest BCUT2D eigenvalue weighted by atomic mass is 35.5. The van der Waals surface area contributed by atoms with Crippen LogP contribution in [0.5, 0.6) is 0 Å². The molecule has 0 saturated carbocycles. The van der Waals surface area contributed by atoms with E-state index in [0.717, 1.165) is 6.04 Å². The van der Waals surface area contributed by atoms with Crippen LogP contribution >= 0.6 is 0 Å². The monoisotopic (exact) mass is 626 g/mol. The number of unbranched alkanes of at least 4 members (excludes halogenated alkanes) is 18. The summed E-state index contributed by atoms with van der Waals surface area (Å²) in [6.45, 7) is 11.9. The van der Waals surface area contributed by atoms with Crippen LogP contribution in [0.4, 0.5) is 0 Å². The molecule has 42 heavy (non-hydrogen) atoms. The van der Waals surface area contributed by atoms with E-state index in [4.69, 9.17) is 8.85 Å². The Morgan fingerprint density at radius 3 is 1.26 bits per heavy atom. The minimum atomic E-state index is -2.03. The Balaban J connectivity index is 0.0000168. The molecule has 0 atom stereocenters. The van der Waals surface area contributed by atoms with Crippen LogP contribution in [-0.2, 0) is 15.4 Å². The van der Waals surface area contributed by atoms with E-state index < -0.39 is 8.56 Å². The normalized spacial score (nSPS) is 12.0. The average Bonchev–Trinajstić information content (AvgIpc) is 2.99. The molecule has 0 heterocycles. The first kappa shape index (κ1) is 41.6. The molecule has 0 bridgehead atoms. The summed E-state index contributed by atoms with van der Waals surface area (Å²) < 4.78 is 13.0. The van der Waals surface area contributed by atoms with Gasteiger partial charge in [0.25, 0.3) is 0 Å². The molecular weight excluding hydrogens is 554 g/mol. The van der Waals surface area contributed by atoms with E-state index in [9.17, 15) is 0 Å². The summed E-state index contributed by atoms with van der Waals surface area (Å²) >= 11 is 0. The Labute approximate surface area is 271 Å². The number of benzene rings is 1. The Bertz CT molecular complexity index is 662. The lowest BCUT2D eigenvalue weighted by atomic mass is 10.0. The van der Waals surface area contributed by atoms with E-state index in [2.05, 4.69) is 50.7 Å². The van der Waals surface area contributed by atoms with Gasteiger partial charge in [0.2, 0.25) is 0 Å². The van der Waals surface area contributed by atoms with Crippen molar-refractivity contribution in [1.29, 1.82) is 0 Å². The Hall–Kier alpha value is -0.393. The molecular formula is C37H72ClNO2Si. The lowest BCUT2D eigenvalue weighted by Gasteiger charge is -2.40. The molecule has 1 rings (SSSR count). The first-order chi connectivity index (χ1) is 20.0. The van der Waals surface area contributed by atoms with Gasteiger partial charge in [0, 0.05) is 19.8 Å². The molecule has 0 aromatic heterocycles. The fourth-order valence-electron chi connectivity index (χ4n) is 6.44. The van der Waals surface area contributed by atoms with Crippen LogP contribution in [0, 0.1) is 0 Å². The van der Waals surface area contributed by atoms with Crippen molar-refractivity contribution in [2.24, 2.45) is 0 Å². The van der Waals surface area contributed by atoms with Gasteiger partial charge in [-0.3, -0.25) is 0 Å². The quantitative estimate of drug-likeness (QED) is 0.0484. The van der Waals surface area contributed by atoms with Crippen molar-refractivity contribution in [3.8, 4) is 0 Å². The van der Waals surface area contributed by atoms with Gasteiger partial charge in [-0.05, 0) is 44.7 Å². The van der Waals surface area contributed by atoms with Gasteiger partial charge in [-0.1, -0.05) is 147 Å². The van der Waals surface area contributed by atoms with Crippen LogP contribution in [0.3, 0.4) is 0 Å². The number of quaternary nitrogens is 1. The summed E-state index contributed by atoms with van der Waals surface area (Å²) in [5.74, 6) is 0. The fourth-order valence-corrected chi connectivity index (χ4v) is 7.81. The highest BCUT2D eigenvalue weighted by Crippen LogP contribution is 2.24. The van der Waals surface area contributed by atoms with Crippen LogP contribution in [0.1, 0.15) is 154 Å². The van der Waals surface area contributed by atoms with Crippen molar-refractivity contribution >= 4 is 8.56 Å². The number of hydrogen-bond acceptors (Lipinski definition) is 2. The molecule has 0 unspecified atom stereocenters. The van der Waals surface area contributed by atoms with Crippen LogP contribution < -0.4 is 12.4 Å². The van der Waals surface area contributed by atoms with Crippen molar-refractivity contribution in [2.75, 3.05) is 33.9 Å². The summed E-state index contributed by atoms with van der Waals surface area (Å²) in [6.07, 6.45) is 29.4. The van der Waals surface area contributed by atoms with Crippen molar-refractivity contribution in [3.63, 3.8) is 0 Å². The second-order valence-electron chi connectivity index (χ2n) is 13.2. The van der Waals surface area contributed by atoms with Crippen LogP contribution in [0.15, 0.2) is 30.3 Å². The third-order valence-corrected chi connectivity index (χ3v) is 12.4. The van der Waals surface area contributed by atoms with E-state index >= 15 is 0 Å². The van der Waals surface area contributed by atoms with Crippen molar-refractivity contribution in [3.05, 3.63) is 35.9 Å². The van der Waals surface area contributed by atoms with Gasteiger partial charge >= 0.3 is 8.56 Å². The second kappa shape index (κ2) is 28.1. The third-order valence-electron chi connectivity index (χ3n) is 9.46. The Morgan fingerprint density at radius 2 is 0.881 bits per heavy atom. The first-order valence-corrected chi connectivity index (χ1v) is 20.5. The van der Waals surface area contributed by atoms with Gasteiger partial charge in [0.15, 0.2) is 0 Å². The van der Waals surface area contributed by atoms with Crippen molar-refractivity contribution in [1.82, 2.24) is 0 Å². The molecule has 5 heteroatoms. The predicted molar refractivity (Wildman–Crippen MR) is 184 cm³/mol. The summed E-state index contributed by atoms with van der Waals surface area (Å²) in [6, 6.07) is 12.4. The molecule has 0 saturated heterocycles. The molecule has 0 radical (unpaired) electrons. The summed E-state index contributed by atoms with van der Waals surface area (Å²) in [5, 5.41) is 0. The van der Waals surface area contributed by atoms with Gasteiger partial charge in [-0.2, -0.15) is 0 Å². The smallest absolute Gasteiger partial charge is 0.334 e. The van der Waals surface area contributed by atoms with E-state index in [1.54, 1.807) is 0 Å². The zero-order valence-electron chi connectivity index (χ0n) is 28.9. The van der Waals surface area contributed by atoms with E-state index in [1.165, 1.54) is 171 Å². The summed E-state index contributed by atoms with van der Waals surface area (Å²) in [4.78, 5) is 0. The lowest BCUT2D eigenvalue weighted by molar-refractivity contribution is -0.941. The maximum absolute atomic E-state index is 5.86. The highest BCUT2D eigenvalue weighted by Gasteiger charge is 2.32. The molecule has 0 fully saturated rings. The number of rotatable bonds is 30. The minimum absolute atomic E-state index is 0. The molecule has 1 aromatic rings. The molecule has 0 amide bonds. The predicted octanol–water partition coefficient (Wildman–Crippen LogP) is 8.60. The maximum Gasteiger partial charge on any atom is 0.334 e. The molecule has 248 valence electrons. The number of halogens is 1. The Kier molecular flexibility index (Phi) is 27.8. The number of hydrogen-bond donors (Lipinski definition) is 0. The average molecular weight is 627 g/mol. The topological polar surface area (TPSA) is 18.5 Å². The zero-order chi connectivity index (χ0) is 29.9. The van der Waals surface area contributed by atoms with E-state index in [0.29, 0.717) is 0 Å². The number of nitrogens with zero attached hydrogens (tertiary/aromatic N) is 1. The third kappa shape index (κ3) is 21.3. The standard InChI is InChI=1S/C37H72NO2Si.ClH/c1-6-8-10-12-14-16-18-20-22-27-32-38(36-37-30-25-24-26-31-37,34-29-35-41(5,39-3)40-4)33-28-23-21-19-17-15-13-11-9-7-2;/h24-26,30-31H,6-23,27-29,32-36H2,1-5H3;1H/q+1;/p-1. The van der Waals surface area contributed by atoms with E-state index in [1.807, 2.05) is 14.2 Å². The summed E-state index contributed by atoms with van der Waals surface area (Å²) in [7, 11) is 1.66. The highest BCUT2D eigenvalue weighted by molar-refractivity contribution is 6.65. The van der Waals surface area contributed by atoms with Crippen LogP contribution in [-0.4, -0.2) is 46.9 Å². The molecule has 0 spiro atoms. The van der Waals surface area contributed by atoms with Crippen molar-refractivity contribution in [2.45, 2.75) is 168 Å². The van der Waals surface area contributed by atoms with Gasteiger partial charge in [0.1, 0.15) is 6.54 Å². The zero-order valence-corrected chi connectivity index (χ0v) is 30.7. The van der Waals surface area contributed by atoms with Crippen LogP contribution in [0.2, 0.25) is 12.6 Å². The van der Waals surface area contributed by atoms with Gasteiger partial charge in [-0.15, -0.1) is 0 Å². The van der Waals surface area contributed by atoms with Crippen LogP contribution in [0.25, 0.3) is 0 Å². The van der Waals surface area contributed by atoms with E-state index in [-0.39, 0.29) is 12.4 Å².